The molecule has 0 saturated heterocycles. The summed E-state index contributed by atoms with van der Waals surface area (Å²) < 4.78 is 62.7. The van der Waals surface area contributed by atoms with Gasteiger partial charge in [-0.3, -0.25) is 0 Å². The van der Waals surface area contributed by atoms with Gasteiger partial charge in [-0.1, -0.05) is 0 Å². The van der Waals surface area contributed by atoms with E-state index in [1.54, 1.807) is 0 Å². The van der Waals surface area contributed by atoms with E-state index in [2.05, 4.69) is 14.7 Å². The maximum atomic E-state index is 12.3. The van der Waals surface area contributed by atoms with E-state index in [0.717, 1.165) is 12.1 Å². The highest BCUT2D eigenvalue weighted by Gasteiger charge is 2.30. The molecule has 1 aromatic carbocycles. The largest absolute Gasteiger partial charge is 0.416 e. The zero-order chi connectivity index (χ0) is 14.1. The number of H-pyrrole nitrogens is 1. The van der Waals surface area contributed by atoms with Crippen LogP contribution in [0, 0.1) is 0 Å². The van der Waals surface area contributed by atoms with Crippen molar-refractivity contribution in [2.75, 3.05) is 4.72 Å². The molecular weight excluding hydrogens is 283 g/mol. The lowest BCUT2D eigenvalue weighted by molar-refractivity contribution is -0.137. The molecule has 0 radical (unpaired) electrons. The topological polar surface area (TPSA) is 74.8 Å². The first-order valence-electron chi connectivity index (χ1n) is 4.98. The number of aromatic amines is 1. The van der Waals surface area contributed by atoms with Crippen molar-refractivity contribution in [2.24, 2.45) is 0 Å². The van der Waals surface area contributed by atoms with Gasteiger partial charge in [0.15, 0.2) is 0 Å². The number of nitrogens with zero attached hydrogens (tertiary/aromatic N) is 1. The molecule has 0 aliphatic rings. The van der Waals surface area contributed by atoms with Crippen LogP contribution in [-0.2, 0) is 16.2 Å². The van der Waals surface area contributed by atoms with E-state index in [1.165, 1.54) is 12.4 Å². The predicted octanol–water partition coefficient (Wildman–Crippen LogP) is 2.23. The average molecular weight is 291 g/mol. The fourth-order valence-corrected chi connectivity index (χ4v) is 2.31. The number of hydrogen-bond acceptors (Lipinski definition) is 3. The minimum atomic E-state index is -4.50. The summed E-state index contributed by atoms with van der Waals surface area (Å²) in [6.07, 6.45) is -1.76. The summed E-state index contributed by atoms with van der Waals surface area (Å²) in [5.74, 6) is -0.0140. The molecule has 2 rings (SSSR count). The van der Waals surface area contributed by atoms with Gasteiger partial charge in [0.1, 0.15) is 0 Å². The van der Waals surface area contributed by atoms with Crippen LogP contribution in [0.4, 0.5) is 19.1 Å². The minimum absolute atomic E-state index is 0.0140. The Kier molecular flexibility index (Phi) is 3.23. The molecule has 0 fully saturated rings. The van der Waals surface area contributed by atoms with Crippen molar-refractivity contribution in [3.63, 3.8) is 0 Å². The number of halogens is 3. The molecule has 0 saturated carbocycles. The maximum Gasteiger partial charge on any atom is 0.416 e. The molecule has 2 N–H and O–H groups in total. The van der Waals surface area contributed by atoms with Crippen molar-refractivity contribution in [2.45, 2.75) is 11.1 Å². The normalized spacial score (nSPS) is 12.4. The molecule has 0 atom stereocenters. The van der Waals surface area contributed by atoms with E-state index in [-0.39, 0.29) is 10.8 Å². The molecule has 5 nitrogen and oxygen atoms in total. The Hall–Kier alpha value is -2.03. The van der Waals surface area contributed by atoms with E-state index in [0.29, 0.717) is 12.1 Å². The lowest BCUT2D eigenvalue weighted by atomic mass is 10.2. The van der Waals surface area contributed by atoms with Crippen LogP contribution in [0.25, 0.3) is 0 Å². The van der Waals surface area contributed by atoms with Gasteiger partial charge in [-0.05, 0) is 24.3 Å². The summed E-state index contributed by atoms with van der Waals surface area (Å²) in [7, 11) is -3.96. The molecule has 1 aromatic heterocycles. The first-order chi connectivity index (χ1) is 8.79. The Balaban J connectivity index is 2.27. The smallest absolute Gasteiger partial charge is 0.330 e. The number of nitrogens with one attached hydrogen (secondary N) is 2. The Labute approximate surface area is 106 Å². The first kappa shape index (κ1) is 13.4. The van der Waals surface area contributed by atoms with Gasteiger partial charge < -0.3 is 4.98 Å². The van der Waals surface area contributed by atoms with Gasteiger partial charge in [0.25, 0.3) is 10.0 Å². The maximum absolute atomic E-state index is 12.3. The van der Waals surface area contributed by atoms with Crippen LogP contribution in [0.15, 0.2) is 41.6 Å². The zero-order valence-corrected chi connectivity index (χ0v) is 10.1. The number of benzene rings is 1. The van der Waals surface area contributed by atoms with Crippen LogP contribution in [0.2, 0.25) is 0 Å². The highest BCUT2D eigenvalue weighted by Crippen LogP contribution is 2.29. The quantitative estimate of drug-likeness (QED) is 0.910. The third kappa shape index (κ3) is 3.05. The van der Waals surface area contributed by atoms with E-state index < -0.39 is 21.8 Å². The monoisotopic (exact) mass is 291 g/mol. The predicted molar refractivity (Wildman–Crippen MR) is 60.8 cm³/mol. The van der Waals surface area contributed by atoms with Crippen LogP contribution in [0.1, 0.15) is 5.56 Å². The lowest BCUT2D eigenvalue weighted by Crippen LogP contribution is -2.14. The minimum Gasteiger partial charge on any atom is -0.330 e. The Morgan fingerprint density at radius 3 is 2.26 bits per heavy atom. The van der Waals surface area contributed by atoms with E-state index in [1.807, 2.05) is 0 Å². The number of anilines is 1. The summed E-state index contributed by atoms with van der Waals surface area (Å²) in [5.41, 5.74) is -0.913. The lowest BCUT2D eigenvalue weighted by Gasteiger charge is -2.08. The Bertz CT molecular complexity index is 648. The van der Waals surface area contributed by atoms with Gasteiger partial charge in [-0.2, -0.15) is 13.2 Å². The zero-order valence-electron chi connectivity index (χ0n) is 9.27. The number of alkyl halides is 3. The van der Waals surface area contributed by atoms with E-state index in [4.69, 9.17) is 0 Å². The van der Waals surface area contributed by atoms with Crippen molar-refractivity contribution in [3.05, 3.63) is 42.2 Å². The molecule has 2 aromatic rings. The molecule has 9 heteroatoms. The molecule has 19 heavy (non-hydrogen) atoms. The summed E-state index contributed by atoms with van der Waals surface area (Å²) in [5, 5.41) is 0. The molecule has 1 heterocycles. The molecule has 102 valence electrons. The molecule has 0 aliphatic heterocycles. The SMILES string of the molecule is O=S(=O)(Nc1ncc[nH]1)c1ccc(C(F)(F)F)cc1. The van der Waals surface area contributed by atoms with Crippen LogP contribution >= 0.6 is 0 Å². The fraction of sp³-hybridized carbons (Fsp3) is 0.100. The van der Waals surface area contributed by atoms with Crippen LogP contribution < -0.4 is 4.72 Å². The number of rotatable bonds is 3. The van der Waals surface area contributed by atoms with Gasteiger partial charge in [-0.25, -0.2) is 18.1 Å². The summed E-state index contributed by atoms with van der Waals surface area (Å²) in [6, 6.07) is 3.18. The van der Waals surface area contributed by atoms with E-state index in [9.17, 15) is 21.6 Å². The second-order valence-electron chi connectivity index (χ2n) is 3.57. The molecule has 0 aliphatic carbocycles. The Morgan fingerprint density at radius 1 is 1.16 bits per heavy atom. The third-order valence-corrected chi connectivity index (χ3v) is 3.58. The first-order valence-corrected chi connectivity index (χ1v) is 6.47. The molecule has 0 unspecified atom stereocenters. The van der Waals surface area contributed by atoms with Crippen LogP contribution in [0.5, 0.6) is 0 Å². The van der Waals surface area contributed by atoms with Crippen molar-refractivity contribution < 1.29 is 21.6 Å². The second-order valence-corrected chi connectivity index (χ2v) is 5.25. The van der Waals surface area contributed by atoms with Crippen molar-refractivity contribution in [1.29, 1.82) is 0 Å². The average Bonchev–Trinajstić information content (AvgIpc) is 2.80. The number of sulfonamides is 1. The van der Waals surface area contributed by atoms with Gasteiger partial charge in [0, 0.05) is 12.4 Å². The standard InChI is InChI=1S/C10H8F3N3O2S/c11-10(12,13)7-1-3-8(4-2-7)19(17,18)16-9-14-5-6-15-9/h1-6H,(H2,14,15,16). The second kappa shape index (κ2) is 4.57. The number of hydrogen-bond donors (Lipinski definition) is 2. The summed E-state index contributed by atoms with van der Waals surface area (Å²) in [6.45, 7) is 0. The summed E-state index contributed by atoms with van der Waals surface area (Å²) >= 11 is 0. The van der Waals surface area contributed by atoms with Crippen LogP contribution in [-0.4, -0.2) is 18.4 Å². The molecule has 0 bridgehead atoms. The van der Waals surface area contributed by atoms with Gasteiger partial charge in [0.05, 0.1) is 10.5 Å². The third-order valence-electron chi connectivity index (χ3n) is 2.22. The number of imidazole rings is 1. The molecule has 0 spiro atoms. The highest BCUT2D eigenvalue weighted by molar-refractivity contribution is 7.92. The number of aromatic nitrogens is 2. The van der Waals surface area contributed by atoms with Crippen LogP contribution in [0.3, 0.4) is 0 Å². The fourth-order valence-electron chi connectivity index (χ4n) is 1.33. The summed E-state index contributed by atoms with van der Waals surface area (Å²) in [4.78, 5) is 5.89. The van der Waals surface area contributed by atoms with Crippen molar-refractivity contribution in [3.8, 4) is 0 Å². The molecule has 0 amide bonds. The Morgan fingerprint density at radius 2 is 1.79 bits per heavy atom. The van der Waals surface area contributed by atoms with Gasteiger partial charge >= 0.3 is 6.18 Å². The van der Waals surface area contributed by atoms with Gasteiger partial charge in [0.2, 0.25) is 5.95 Å². The van der Waals surface area contributed by atoms with E-state index >= 15 is 0 Å². The highest BCUT2D eigenvalue weighted by atomic mass is 32.2. The van der Waals surface area contributed by atoms with Crippen molar-refractivity contribution in [1.82, 2.24) is 9.97 Å². The molecular formula is C10H8F3N3O2S. The van der Waals surface area contributed by atoms with Gasteiger partial charge in [-0.15, -0.1) is 0 Å². The van der Waals surface area contributed by atoms with Crippen molar-refractivity contribution >= 4 is 16.0 Å².